The van der Waals surface area contributed by atoms with E-state index in [1.54, 1.807) is 6.92 Å². The molecular weight excluding hydrogens is 354 g/mol. The van der Waals surface area contributed by atoms with Crippen molar-refractivity contribution >= 4 is 10.8 Å². The van der Waals surface area contributed by atoms with Crippen LogP contribution in [-0.2, 0) is 23.2 Å². The summed E-state index contributed by atoms with van der Waals surface area (Å²) in [6, 6.07) is 6.73. The molecule has 2 rings (SSSR count). The van der Waals surface area contributed by atoms with Crippen LogP contribution in [0.5, 0.6) is 0 Å². The molecule has 24 heavy (non-hydrogen) atoms. The maximum absolute atomic E-state index is 12.8. The Morgan fingerprint density at radius 2 is 1.33 bits per heavy atom. The summed E-state index contributed by atoms with van der Waals surface area (Å²) in [6.45, 7) is 1.55. The molecule has 2 aromatic rings. The number of hydrogen-bond donors (Lipinski definition) is 0. The molecule has 0 N–H and O–H groups in total. The fraction of sp³-hybridized carbons (Fsp3) is 0.250. The van der Waals surface area contributed by atoms with Gasteiger partial charge in [0.2, 0.25) is 0 Å². The Hall–Kier alpha value is -1.83. The molecule has 0 fully saturated rings. The molecule has 1 atom stereocenters. The molecule has 0 saturated heterocycles. The van der Waals surface area contributed by atoms with E-state index in [4.69, 9.17) is 0 Å². The van der Waals surface area contributed by atoms with Crippen LogP contribution in [0.3, 0.4) is 0 Å². The van der Waals surface area contributed by atoms with Crippen LogP contribution in [0.25, 0.3) is 11.1 Å². The molecule has 1 nitrogen and oxygen atoms in total. The molecule has 0 aromatic heterocycles. The Bertz CT molecular complexity index is 747. The van der Waals surface area contributed by atoms with Gasteiger partial charge in [-0.15, -0.1) is 0 Å². The number of halogens is 6. The molecule has 1 unspecified atom stereocenters. The van der Waals surface area contributed by atoms with Crippen molar-refractivity contribution in [3.05, 3.63) is 53.6 Å². The zero-order valence-electron chi connectivity index (χ0n) is 12.3. The largest absolute Gasteiger partial charge is 0.416 e. The van der Waals surface area contributed by atoms with Gasteiger partial charge in [-0.25, -0.2) is 0 Å². The number of hydrogen-bond acceptors (Lipinski definition) is 1. The van der Waals surface area contributed by atoms with Crippen LogP contribution in [-0.4, -0.2) is 9.96 Å². The van der Waals surface area contributed by atoms with Crippen molar-refractivity contribution < 1.29 is 30.6 Å². The number of alkyl halides is 6. The first-order valence-corrected chi connectivity index (χ1v) is 8.13. The summed E-state index contributed by atoms with van der Waals surface area (Å²) < 4.78 is 88.3. The molecule has 0 amide bonds. The van der Waals surface area contributed by atoms with Gasteiger partial charge in [0, 0.05) is 10.6 Å². The summed E-state index contributed by atoms with van der Waals surface area (Å²) in [5.74, 6) is 0.0922. The summed E-state index contributed by atoms with van der Waals surface area (Å²) in [4.78, 5) is -0.0490. The van der Waals surface area contributed by atoms with E-state index in [1.807, 2.05) is 0 Å². The zero-order valence-corrected chi connectivity index (χ0v) is 13.1. The van der Waals surface area contributed by atoms with Crippen LogP contribution in [0.1, 0.15) is 18.1 Å². The van der Waals surface area contributed by atoms with Crippen LogP contribution < -0.4 is 0 Å². The second kappa shape index (κ2) is 6.58. The molecule has 0 aliphatic carbocycles. The summed E-state index contributed by atoms with van der Waals surface area (Å²) in [5, 5.41) is 0. The Labute approximate surface area is 136 Å². The lowest BCUT2D eigenvalue weighted by atomic mass is 10.0. The molecule has 2 aromatic carbocycles. The van der Waals surface area contributed by atoms with Crippen molar-refractivity contribution in [1.29, 1.82) is 0 Å². The third kappa shape index (κ3) is 3.98. The van der Waals surface area contributed by atoms with E-state index in [9.17, 15) is 30.6 Å². The highest BCUT2D eigenvalue weighted by molar-refractivity contribution is 7.85. The van der Waals surface area contributed by atoms with Crippen LogP contribution >= 0.6 is 0 Å². The topological polar surface area (TPSA) is 17.1 Å². The molecular formula is C16H12F6OS. The predicted molar refractivity (Wildman–Crippen MR) is 78.8 cm³/mol. The van der Waals surface area contributed by atoms with Gasteiger partial charge in [-0.1, -0.05) is 25.1 Å². The average Bonchev–Trinajstić information content (AvgIpc) is 2.52. The molecule has 0 radical (unpaired) electrons. The van der Waals surface area contributed by atoms with Crippen molar-refractivity contribution in [2.75, 3.05) is 5.75 Å². The summed E-state index contributed by atoms with van der Waals surface area (Å²) in [6.07, 6.45) is -9.10. The Morgan fingerprint density at radius 1 is 0.833 bits per heavy atom. The highest BCUT2D eigenvalue weighted by atomic mass is 32.2. The Kier molecular flexibility index (Phi) is 5.08. The maximum atomic E-state index is 12.8. The number of benzene rings is 2. The first-order valence-electron chi connectivity index (χ1n) is 6.81. The fourth-order valence-electron chi connectivity index (χ4n) is 2.12. The lowest BCUT2D eigenvalue weighted by molar-refractivity contribution is -0.138. The zero-order chi connectivity index (χ0) is 18.1. The minimum absolute atomic E-state index is 0.0490. The van der Waals surface area contributed by atoms with Gasteiger partial charge in [0.25, 0.3) is 0 Å². The second-order valence-electron chi connectivity index (χ2n) is 4.92. The van der Waals surface area contributed by atoms with E-state index in [1.165, 1.54) is 0 Å². The van der Waals surface area contributed by atoms with E-state index in [2.05, 4.69) is 0 Å². The third-order valence-corrected chi connectivity index (χ3v) is 4.69. The number of rotatable bonds is 3. The first kappa shape index (κ1) is 18.5. The molecule has 0 spiro atoms. The predicted octanol–water partition coefficient (Wildman–Crippen LogP) is 5.52. The van der Waals surface area contributed by atoms with Crippen LogP contribution in [0.2, 0.25) is 0 Å². The minimum Gasteiger partial charge on any atom is -0.254 e. The molecule has 0 bridgehead atoms. The second-order valence-corrected chi connectivity index (χ2v) is 6.63. The maximum Gasteiger partial charge on any atom is 0.416 e. The summed E-state index contributed by atoms with van der Waals surface area (Å²) in [5.41, 5.74) is -1.32. The molecule has 8 heteroatoms. The lowest BCUT2D eigenvalue weighted by Crippen LogP contribution is -2.07. The first-order chi connectivity index (χ1) is 11.0. The standard InChI is InChI=1S/C16H12F6OS/c1-2-24(23)14-9-12(16(20,21)22)7-8-13(14)10-3-5-11(6-4-10)15(17,18)19/h3-9H,2H2,1H3. The van der Waals surface area contributed by atoms with Gasteiger partial charge in [0.1, 0.15) is 0 Å². The van der Waals surface area contributed by atoms with Gasteiger partial charge in [-0.3, -0.25) is 4.21 Å². The highest BCUT2D eigenvalue weighted by Crippen LogP contribution is 2.36. The van der Waals surface area contributed by atoms with E-state index in [0.29, 0.717) is 0 Å². The Balaban J connectivity index is 2.55. The van der Waals surface area contributed by atoms with Crippen molar-refractivity contribution in [3.8, 4) is 11.1 Å². The van der Waals surface area contributed by atoms with Gasteiger partial charge < -0.3 is 0 Å². The normalized spacial score (nSPS) is 13.8. The SMILES string of the molecule is CCS(=O)c1cc(C(F)(F)F)ccc1-c1ccc(C(F)(F)F)cc1. The van der Waals surface area contributed by atoms with E-state index in [-0.39, 0.29) is 21.8 Å². The van der Waals surface area contributed by atoms with Gasteiger partial charge >= 0.3 is 12.4 Å². The van der Waals surface area contributed by atoms with Crippen molar-refractivity contribution in [3.63, 3.8) is 0 Å². The average molecular weight is 366 g/mol. The van der Waals surface area contributed by atoms with Crippen molar-refractivity contribution in [2.24, 2.45) is 0 Å². The summed E-state index contributed by atoms with van der Waals surface area (Å²) in [7, 11) is -1.69. The monoisotopic (exact) mass is 366 g/mol. The quantitative estimate of drug-likeness (QED) is 0.654. The highest BCUT2D eigenvalue weighted by Gasteiger charge is 2.32. The van der Waals surface area contributed by atoms with E-state index in [0.717, 1.165) is 42.5 Å². The minimum atomic E-state index is -4.59. The van der Waals surface area contributed by atoms with Crippen molar-refractivity contribution in [1.82, 2.24) is 0 Å². The van der Waals surface area contributed by atoms with Gasteiger partial charge in [-0.05, 0) is 35.4 Å². The van der Waals surface area contributed by atoms with Gasteiger partial charge in [-0.2, -0.15) is 26.3 Å². The van der Waals surface area contributed by atoms with Crippen LogP contribution in [0, 0.1) is 0 Å². The van der Waals surface area contributed by atoms with Gasteiger partial charge in [0.15, 0.2) is 0 Å². The van der Waals surface area contributed by atoms with Gasteiger partial charge in [0.05, 0.1) is 21.9 Å². The van der Waals surface area contributed by atoms with E-state index < -0.39 is 34.3 Å². The molecule has 0 aliphatic rings. The summed E-state index contributed by atoms with van der Waals surface area (Å²) >= 11 is 0. The Morgan fingerprint density at radius 3 is 1.79 bits per heavy atom. The smallest absolute Gasteiger partial charge is 0.254 e. The lowest BCUT2D eigenvalue weighted by Gasteiger charge is -2.14. The fourth-order valence-corrected chi connectivity index (χ4v) is 3.12. The molecule has 0 saturated carbocycles. The molecule has 0 heterocycles. The molecule has 0 aliphatic heterocycles. The van der Waals surface area contributed by atoms with E-state index >= 15 is 0 Å². The van der Waals surface area contributed by atoms with Crippen LogP contribution in [0.4, 0.5) is 26.3 Å². The van der Waals surface area contributed by atoms with Crippen LogP contribution in [0.15, 0.2) is 47.4 Å². The third-order valence-electron chi connectivity index (χ3n) is 3.34. The molecule has 130 valence electrons. The van der Waals surface area contributed by atoms with Crippen molar-refractivity contribution in [2.45, 2.75) is 24.2 Å².